The first-order valence-corrected chi connectivity index (χ1v) is 7.49. The van der Waals surface area contributed by atoms with Crippen LogP contribution in [0.5, 0.6) is 0 Å². The van der Waals surface area contributed by atoms with Crippen LogP contribution >= 0.6 is 12.4 Å². The maximum atomic E-state index is 12.5. The molecule has 1 aliphatic heterocycles. The van der Waals surface area contributed by atoms with Gasteiger partial charge in [-0.1, -0.05) is 18.2 Å². The van der Waals surface area contributed by atoms with Crippen LogP contribution < -0.4 is 11.1 Å². The molecule has 1 heterocycles. The molecule has 0 spiro atoms. The van der Waals surface area contributed by atoms with Crippen molar-refractivity contribution >= 4 is 24.2 Å². The maximum absolute atomic E-state index is 12.5. The first-order chi connectivity index (χ1) is 10.1. The molecule has 0 radical (unpaired) electrons. The van der Waals surface area contributed by atoms with E-state index in [0.717, 1.165) is 19.3 Å². The van der Waals surface area contributed by atoms with Crippen LogP contribution in [0.2, 0.25) is 0 Å². The van der Waals surface area contributed by atoms with Gasteiger partial charge in [0.2, 0.25) is 5.91 Å². The van der Waals surface area contributed by atoms with Crippen LogP contribution in [0.4, 0.5) is 0 Å². The summed E-state index contributed by atoms with van der Waals surface area (Å²) in [7, 11) is 0. The van der Waals surface area contributed by atoms with Crippen molar-refractivity contribution < 1.29 is 9.59 Å². The van der Waals surface area contributed by atoms with Crippen LogP contribution in [0.3, 0.4) is 0 Å². The molecule has 5 nitrogen and oxygen atoms in total. The van der Waals surface area contributed by atoms with Crippen molar-refractivity contribution in [3.8, 4) is 0 Å². The number of benzene rings is 1. The molecule has 2 amide bonds. The second-order valence-corrected chi connectivity index (χ2v) is 5.58. The van der Waals surface area contributed by atoms with Gasteiger partial charge < -0.3 is 16.0 Å². The minimum atomic E-state index is -0.356. The van der Waals surface area contributed by atoms with E-state index >= 15 is 0 Å². The SMILES string of the molecule is CC(N)CCNC(=O)C1CCCN1C(=O)c1ccccc1.Cl. The van der Waals surface area contributed by atoms with Gasteiger partial charge in [0.05, 0.1) is 0 Å². The van der Waals surface area contributed by atoms with Crippen LogP contribution in [-0.4, -0.2) is 41.9 Å². The Morgan fingerprint density at radius 3 is 2.68 bits per heavy atom. The van der Waals surface area contributed by atoms with Crippen molar-refractivity contribution in [2.75, 3.05) is 13.1 Å². The Kier molecular flexibility index (Phi) is 7.35. The lowest BCUT2D eigenvalue weighted by Gasteiger charge is -2.24. The molecule has 3 N–H and O–H groups in total. The molecular formula is C16H24ClN3O2. The zero-order valence-electron chi connectivity index (χ0n) is 12.8. The van der Waals surface area contributed by atoms with Crippen LogP contribution in [0, 0.1) is 0 Å². The van der Waals surface area contributed by atoms with Gasteiger partial charge in [0.1, 0.15) is 6.04 Å². The Morgan fingerprint density at radius 1 is 1.36 bits per heavy atom. The molecule has 6 heteroatoms. The minimum absolute atomic E-state index is 0. The lowest BCUT2D eigenvalue weighted by Crippen LogP contribution is -2.46. The fourth-order valence-corrected chi connectivity index (χ4v) is 2.57. The van der Waals surface area contributed by atoms with E-state index < -0.39 is 0 Å². The Balaban J connectivity index is 0.00000242. The first kappa shape index (κ1) is 18.5. The van der Waals surface area contributed by atoms with E-state index in [1.54, 1.807) is 17.0 Å². The van der Waals surface area contributed by atoms with Crippen molar-refractivity contribution in [1.82, 2.24) is 10.2 Å². The van der Waals surface area contributed by atoms with Gasteiger partial charge in [-0.2, -0.15) is 0 Å². The quantitative estimate of drug-likeness (QED) is 0.862. The van der Waals surface area contributed by atoms with Crippen molar-refractivity contribution in [3.63, 3.8) is 0 Å². The Bertz CT molecular complexity index is 493. The molecule has 122 valence electrons. The lowest BCUT2D eigenvalue weighted by atomic mass is 10.1. The molecule has 2 atom stereocenters. The molecule has 1 aliphatic rings. The summed E-state index contributed by atoms with van der Waals surface area (Å²) in [4.78, 5) is 26.4. The summed E-state index contributed by atoms with van der Waals surface area (Å²) >= 11 is 0. The second kappa shape index (κ2) is 8.76. The van der Waals surface area contributed by atoms with Gasteiger partial charge in [0, 0.05) is 24.7 Å². The highest BCUT2D eigenvalue weighted by Gasteiger charge is 2.34. The van der Waals surface area contributed by atoms with Gasteiger partial charge in [0.15, 0.2) is 0 Å². The average molecular weight is 326 g/mol. The van der Waals surface area contributed by atoms with E-state index in [1.165, 1.54) is 0 Å². The number of amides is 2. The third-order valence-electron chi connectivity index (χ3n) is 3.74. The van der Waals surface area contributed by atoms with Crippen molar-refractivity contribution in [1.29, 1.82) is 0 Å². The molecule has 0 aliphatic carbocycles. The second-order valence-electron chi connectivity index (χ2n) is 5.58. The number of hydrogen-bond acceptors (Lipinski definition) is 3. The van der Waals surface area contributed by atoms with Gasteiger partial charge in [0.25, 0.3) is 5.91 Å². The summed E-state index contributed by atoms with van der Waals surface area (Å²) in [5.41, 5.74) is 6.30. The number of nitrogens with zero attached hydrogens (tertiary/aromatic N) is 1. The standard InChI is InChI=1S/C16H23N3O2.ClH/c1-12(17)9-10-18-15(20)14-8-5-11-19(14)16(21)13-6-3-2-4-7-13;/h2-4,6-7,12,14H,5,8-11,17H2,1H3,(H,18,20);1H. The Morgan fingerprint density at radius 2 is 2.05 bits per heavy atom. The number of halogens is 1. The third kappa shape index (κ3) is 4.71. The summed E-state index contributed by atoms with van der Waals surface area (Å²) in [5, 5.41) is 2.88. The highest BCUT2D eigenvalue weighted by Crippen LogP contribution is 2.20. The molecule has 2 unspecified atom stereocenters. The van der Waals surface area contributed by atoms with E-state index in [1.807, 2.05) is 25.1 Å². The fraction of sp³-hybridized carbons (Fsp3) is 0.500. The van der Waals surface area contributed by atoms with Gasteiger partial charge in [-0.05, 0) is 38.3 Å². The monoisotopic (exact) mass is 325 g/mol. The van der Waals surface area contributed by atoms with E-state index in [9.17, 15) is 9.59 Å². The zero-order valence-corrected chi connectivity index (χ0v) is 13.6. The molecule has 0 aromatic heterocycles. The molecule has 0 saturated carbocycles. The Labute approximate surface area is 137 Å². The number of rotatable bonds is 5. The predicted molar refractivity (Wildman–Crippen MR) is 89.0 cm³/mol. The number of hydrogen-bond donors (Lipinski definition) is 2. The Hall–Kier alpha value is -1.59. The molecule has 1 saturated heterocycles. The lowest BCUT2D eigenvalue weighted by molar-refractivity contribution is -0.124. The van der Waals surface area contributed by atoms with E-state index in [4.69, 9.17) is 5.73 Å². The van der Waals surface area contributed by atoms with Crippen molar-refractivity contribution in [2.45, 2.75) is 38.3 Å². The summed E-state index contributed by atoms with van der Waals surface area (Å²) in [6.07, 6.45) is 2.33. The summed E-state index contributed by atoms with van der Waals surface area (Å²) in [6, 6.07) is 8.82. The third-order valence-corrected chi connectivity index (χ3v) is 3.74. The smallest absolute Gasteiger partial charge is 0.254 e. The maximum Gasteiger partial charge on any atom is 0.254 e. The highest BCUT2D eigenvalue weighted by molar-refractivity contribution is 5.97. The van der Waals surface area contributed by atoms with E-state index in [2.05, 4.69) is 5.32 Å². The topological polar surface area (TPSA) is 75.4 Å². The molecular weight excluding hydrogens is 302 g/mol. The van der Waals surface area contributed by atoms with E-state index in [-0.39, 0.29) is 36.3 Å². The van der Waals surface area contributed by atoms with Gasteiger partial charge in [-0.25, -0.2) is 0 Å². The largest absolute Gasteiger partial charge is 0.354 e. The van der Waals surface area contributed by atoms with Gasteiger partial charge in [-0.3, -0.25) is 9.59 Å². The normalized spacial score (nSPS) is 18.5. The fourth-order valence-electron chi connectivity index (χ4n) is 2.57. The molecule has 1 aromatic rings. The van der Waals surface area contributed by atoms with Crippen LogP contribution in [-0.2, 0) is 4.79 Å². The number of nitrogens with two attached hydrogens (primary N) is 1. The van der Waals surface area contributed by atoms with Crippen LogP contribution in [0.1, 0.15) is 36.5 Å². The highest BCUT2D eigenvalue weighted by atomic mass is 35.5. The van der Waals surface area contributed by atoms with Crippen molar-refractivity contribution in [3.05, 3.63) is 35.9 Å². The van der Waals surface area contributed by atoms with Crippen LogP contribution in [0.25, 0.3) is 0 Å². The predicted octanol–water partition coefficient (Wildman–Crippen LogP) is 1.57. The number of carbonyl (C=O) groups excluding carboxylic acids is 2. The molecule has 22 heavy (non-hydrogen) atoms. The average Bonchev–Trinajstić information content (AvgIpc) is 2.96. The molecule has 2 rings (SSSR count). The van der Waals surface area contributed by atoms with Crippen molar-refractivity contribution in [2.24, 2.45) is 5.73 Å². The number of likely N-dealkylation sites (tertiary alicyclic amines) is 1. The number of carbonyl (C=O) groups is 2. The van der Waals surface area contributed by atoms with E-state index in [0.29, 0.717) is 18.7 Å². The van der Waals surface area contributed by atoms with Gasteiger partial charge in [-0.15, -0.1) is 12.4 Å². The first-order valence-electron chi connectivity index (χ1n) is 7.49. The van der Waals surface area contributed by atoms with Gasteiger partial charge >= 0.3 is 0 Å². The summed E-state index contributed by atoms with van der Waals surface area (Å²) in [5.74, 6) is -0.141. The molecule has 1 aromatic carbocycles. The van der Waals surface area contributed by atoms with Crippen LogP contribution in [0.15, 0.2) is 30.3 Å². The minimum Gasteiger partial charge on any atom is -0.354 e. The molecule has 0 bridgehead atoms. The summed E-state index contributed by atoms with van der Waals surface area (Å²) in [6.45, 7) is 3.10. The zero-order chi connectivity index (χ0) is 15.2. The molecule has 1 fully saturated rings. The summed E-state index contributed by atoms with van der Waals surface area (Å²) < 4.78 is 0. The number of nitrogens with one attached hydrogen (secondary N) is 1.